The fraction of sp³-hybridized carbons (Fsp3) is 0.312. The van der Waals surface area contributed by atoms with Gasteiger partial charge in [-0.05, 0) is 18.2 Å². The van der Waals surface area contributed by atoms with Crippen LogP contribution in [0.25, 0.3) is 0 Å². The molecule has 0 fully saturated rings. The van der Waals surface area contributed by atoms with Crippen LogP contribution < -0.4 is 15.6 Å². The van der Waals surface area contributed by atoms with E-state index >= 15 is 0 Å². The number of aliphatic hydroxyl groups is 1. The maximum atomic E-state index is 13.4. The van der Waals surface area contributed by atoms with Crippen molar-refractivity contribution in [3.8, 4) is 5.75 Å². The molecule has 1 heterocycles. The predicted octanol–water partition coefficient (Wildman–Crippen LogP) is 1.68. The summed E-state index contributed by atoms with van der Waals surface area (Å²) in [6, 6.07) is 4.05. The van der Waals surface area contributed by atoms with Gasteiger partial charge in [-0.2, -0.15) is 13.2 Å². The zero-order valence-corrected chi connectivity index (χ0v) is 15.4. The third-order valence-electron chi connectivity index (χ3n) is 3.80. The number of amides is 2. The van der Waals surface area contributed by atoms with Gasteiger partial charge >= 0.3 is 6.18 Å². The molecular weight excluding hydrogens is 405 g/mol. The van der Waals surface area contributed by atoms with Crippen molar-refractivity contribution in [3.63, 3.8) is 0 Å². The molecule has 0 aliphatic rings. The van der Waals surface area contributed by atoms with E-state index in [-0.39, 0.29) is 11.3 Å². The highest BCUT2D eigenvalue weighted by Gasteiger charge is 2.58. The van der Waals surface area contributed by atoms with Crippen LogP contribution in [0, 0.1) is 0 Å². The Morgan fingerprint density at radius 3 is 2.54 bits per heavy atom. The molecule has 2 rings (SSSR count). The molecule has 28 heavy (non-hydrogen) atoms. The number of imidazole rings is 1. The first-order valence-corrected chi connectivity index (χ1v) is 8.07. The smallest absolute Gasteiger partial charge is 0.425 e. The van der Waals surface area contributed by atoms with E-state index < -0.39 is 35.8 Å². The minimum absolute atomic E-state index is 0.0117. The summed E-state index contributed by atoms with van der Waals surface area (Å²) in [6.45, 7) is 0. The molecule has 2 aromatic rings. The van der Waals surface area contributed by atoms with Crippen molar-refractivity contribution in [2.45, 2.75) is 18.2 Å². The van der Waals surface area contributed by atoms with Gasteiger partial charge in [-0.25, -0.2) is 4.98 Å². The number of hydrazine groups is 1. The van der Waals surface area contributed by atoms with Gasteiger partial charge in [0, 0.05) is 24.5 Å². The molecule has 0 aliphatic carbocycles. The molecule has 3 N–H and O–H groups in total. The van der Waals surface area contributed by atoms with Gasteiger partial charge in [0.1, 0.15) is 5.75 Å². The molecular formula is C16H16ClF3N4O4. The highest BCUT2D eigenvalue weighted by molar-refractivity contribution is 6.30. The quantitative estimate of drug-likeness (QED) is 0.638. The van der Waals surface area contributed by atoms with Gasteiger partial charge < -0.3 is 14.4 Å². The van der Waals surface area contributed by atoms with Gasteiger partial charge in [-0.15, -0.1) is 0 Å². The molecule has 1 aromatic heterocycles. The fourth-order valence-corrected chi connectivity index (χ4v) is 2.56. The van der Waals surface area contributed by atoms with E-state index in [9.17, 15) is 27.9 Å². The van der Waals surface area contributed by atoms with Gasteiger partial charge in [0.25, 0.3) is 5.91 Å². The number of halogens is 4. The molecule has 2 amide bonds. The first kappa shape index (κ1) is 21.5. The normalized spacial score (nSPS) is 13.5. The Morgan fingerprint density at radius 2 is 2.00 bits per heavy atom. The lowest BCUT2D eigenvalue weighted by Crippen LogP contribution is -2.50. The van der Waals surface area contributed by atoms with Crippen molar-refractivity contribution in [1.29, 1.82) is 0 Å². The SMILES string of the molecule is COc1cc(Cl)ccc1C(=O)NNC(=O)CC(O)(c1nccn1C)C(F)(F)F. The maximum absolute atomic E-state index is 13.4. The van der Waals surface area contributed by atoms with E-state index in [1.165, 1.54) is 38.6 Å². The zero-order chi connectivity index (χ0) is 21.1. The second-order valence-corrected chi connectivity index (χ2v) is 6.18. The lowest BCUT2D eigenvalue weighted by atomic mass is 9.97. The Balaban J connectivity index is 2.12. The summed E-state index contributed by atoms with van der Waals surface area (Å²) in [5.74, 6) is -2.81. The molecule has 1 aromatic carbocycles. The van der Waals surface area contributed by atoms with E-state index in [0.717, 1.165) is 10.8 Å². The van der Waals surface area contributed by atoms with E-state index in [0.29, 0.717) is 5.02 Å². The van der Waals surface area contributed by atoms with Crippen LogP contribution >= 0.6 is 11.6 Å². The summed E-state index contributed by atoms with van der Waals surface area (Å²) in [7, 11) is 2.53. The van der Waals surface area contributed by atoms with E-state index in [1.54, 1.807) is 0 Å². The summed E-state index contributed by atoms with van der Waals surface area (Å²) in [5.41, 5.74) is 0.236. The second-order valence-electron chi connectivity index (χ2n) is 5.74. The summed E-state index contributed by atoms with van der Waals surface area (Å²) in [6.07, 6.45) is -4.36. The topological polar surface area (TPSA) is 105 Å². The van der Waals surface area contributed by atoms with Gasteiger partial charge in [-0.3, -0.25) is 20.4 Å². The van der Waals surface area contributed by atoms with Crippen LogP contribution in [0.1, 0.15) is 22.6 Å². The summed E-state index contributed by atoms with van der Waals surface area (Å²) in [4.78, 5) is 27.6. The van der Waals surface area contributed by atoms with Crippen molar-refractivity contribution >= 4 is 23.4 Å². The van der Waals surface area contributed by atoms with Crippen LogP contribution in [-0.4, -0.2) is 39.8 Å². The third-order valence-corrected chi connectivity index (χ3v) is 4.04. The van der Waals surface area contributed by atoms with Gasteiger partial charge in [0.15, 0.2) is 5.82 Å². The molecule has 1 unspecified atom stereocenters. The molecule has 1 atom stereocenters. The predicted molar refractivity (Wildman–Crippen MR) is 91.4 cm³/mol. The molecule has 0 bridgehead atoms. The molecule has 0 saturated carbocycles. The largest absolute Gasteiger partial charge is 0.496 e. The van der Waals surface area contributed by atoms with Crippen LogP contribution in [0.3, 0.4) is 0 Å². The number of carbonyl (C=O) groups is 2. The first-order valence-electron chi connectivity index (χ1n) is 7.69. The molecule has 152 valence electrons. The summed E-state index contributed by atoms with van der Waals surface area (Å²) in [5, 5.41) is 10.4. The number of carbonyl (C=O) groups excluding carboxylic acids is 2. The molecule has 12 heteroatoms. The lowest BCUT2D eigenvalue weighted by molar-refractivity contribution is -0.271. The molecule has 8 nitrogen and oxygen atoms in total. The first-order chi connectivity index (χ1) is 13.0. The van der Waals surface area contributed by atoms with E-state index in [1.807, 2.05) is 10.9 Å². The van der Waals surface area contributed by atoms with Crippen molar-refractivity contribution < 1.29 is 32.6 Å². The Bertz CT molecular complexity index is 887. The lowest BCUT2D eigenvalue weighted by Gasteiger charge is -2.29. The zero-order valence-electron chi connectivity index (χ0n) is 14.7. The van der Waals surface area contributed by atoms with Crippen LogP contribution in [-0.2, 0) is 17.4 Å². The van der Waals surface area contributed by atoms with Gasteiger partial charge in [0.05, 0.1) is 19.1 Å². The number of nitrogens with one attached hydrogen (secondary N) is 2. The number of ether oxygens (including phenoxy) is 1. The Labute approximate surface area is 162 Å². The number of aryl methyl sites for hydroxylation is 1. The van der Waals surface area contributed by atoms with Crippen LogP contribution in [0.15, 0.2) is 30.6 Å². The summed E-state index contributed by atoms with van der Waals surface area (Å²) >= 11 is 5.78. The molecule has 0 radical (unpaired) electrons. The average Bonchev–Trinajstić information content (AvgIpc) is 3.05. The number of methoxy groups -OCH3 is 1. The number of alkyl halides is 3. The molecule has 0 saturated heterocycles. The Morgan fingerprint density at radius 1 is 1.32 bits per heavy atom. The van der Waals surface area contributed by atoms with E-state index in [4.69, 9.17) is 16.3 Å². The minimum atomic E-state index is -5.19. The molecule has 0 spiro atoms. The average molecular weight is 421 g/mol. The second kappa shape index (κ2) is 8.07. The number of nitrogens with zero attached hydrogens (tertiary/aromatic N) is 2. The van der Waals surface area contributed by atoms with Crippen LogP contribution in [0.5, 0.6) is 5.75 Å². The Hall–Kier alpha value is -2.79. The Kier molecular flexibility index (Phi) is 6.20. The minimum Gasteiger partial charge on any atom is -0.496 e. The molecule has 0 aliphatic heterocycles. The maximum Gasteiger partial charge on any atom is 0.425 e. The summed E-state index contributed by atoms with van der Waals surface area (Å²) < 4.78 is 46.2. The van der Waals surface area contributed by atoms with Crippen molar-refractivity contribution in [3.05, 3.63) is 47.0 Å². The standard InChI is InChI=1S/C16H16ClF3N4O4/c1-24-6-5-21-14(24)15(27,16(18,19)20)8-12(25)22-23-13(26)10-4-3-9(17)7-11(10)28-2/h3-7,27H,8H2,1-2H3,(H,22,25)(H,23,26). The highest BCUT2D eigenvalue weighted by Crippen LogP contribution is 2.40. The fourth-order valence-electron chi connectivity index (χ4n) is 2.39. The van der Waals surface area contributed by atoms with Gasteiger partial charge in [0.2, 0.25) is 11.5 Å². The number of aromatic nitrogens is 2. The van der Waals surface area contributed by atoms with Crippen molar-refractivity contribution in [2.24, 2.45) is 7.05 Å². The highest BCUT2D eigenvalue weighted by atomic mass is 35.5. The van der Waals surface area contributed by atoms with Crippen LogP contribution in [0.2, 0.25) is 5.02 Å². The number of rotatable bonds is 5. The van der Waals surface area contributed by atoms with Crippen molar-refractivity contribution in [1.82, 2.24) is 20.4 Å². The number of benzene rings is 1. The number of hydrogen-bond acceptors (Lipinski definition) is 5. The van der Waals surface area contributed by atoms with E-state index in [2.05, 4.69) is 4.98 Å². The number of hydrogen-bond donors (Lipinski definition) is 3. The van der Waals surface area contributed by atoms with Crippen molar-refractivity contribution in [2.75, 3.05) is 7.11 Å². The van der Waals surface area contributed by atoms with Gasteiger partial charge in [-0.1, -0.05) is 11.6 Å². The van der Waals surface area contributed by atoms with Crippen LogP contribution in [0.4, 0.5) is 13.2 Å². The monoisotopic (exact) mass is 420 g/mol. The third kappa shape index (κ3) is 4.37.